The highest BCUT2D eigenvalue weighted by Gasteiger charge is 2.26. The fourth-order valence-corrected chi connectivity index (χ4v) is 5.02. The zero-order valence-corrected chi connectivity index (χ0v) is 17.9. The zero-order valence-electron chi connectivity index (χ0n) is 15.5. The zero-order chi connectivity index (χ0) is 20.1. The van der Waals surface area contributed by atoms with Crippen LogP contribution in [0.2, 0.25) is 0 Å². The van der Waals surface area contributed by atoms with Gasteiger partial charge in [-0.05, 0) is 53.0 Å². The van der Waals surface area contributed by atoms with Crippen molar-refractivity contribution in [2.75, 3.05) is 25.5 Å². The molecule has 1 fully saturated rings. The second-order valence-electron chi connectivity index (χ2n) is 6.53. The summed E-state index contributed by atoms with van der Waals surface area (Å²) >= 11 is 3.28. The topological polar surface area (TPSA) is 88.6 Å². The summed E-state index contributed by atoms with van der Waals surface area (Å²) in [7, 11) is -2.17. The van der Waals surface area contributed by atoms with Crippen molar-refractivity contribution < 1.29 is 17.9 Å². The molecule has 1 amide bonds. The monoisotopic (exact) mass is 467 g/mol. The van der Waals surface area contributed by atoms with E-state index in [9.17, 15) is 13.2 Å². The molecule has 2 aromatic rings. The van der Waals surface area contributed by atoms with E-state index in [4.69, 9.17) is 4.74 Å². The van der Waals surface area contributed by atoms with Gasteiger partial charge in [0.15, 0.2) is 0 Å². The predicted octanol–water partition coefficient (Wildman–Crippen LogP) is 3.67. The smallest absolute Gasteiger partial charge is 0.257 e. The Morgan fingerprint density at radius 1 is 1.14 bits per heavy atom. The molecule has 2 heterocycles. The van der Waals surface area contributed by atoms with Crippen LogP contribution in [0.1, 0.15) is 36.0 Å². The fraction of sp³-hybridized carbons (Fsp3) is 0.368. The molecule has 3 rings (SSSR count). The normalized spacial score (nSPS) is 15.6. The molecule has 1 aromatic carbocycles. The van der Waals surface area contributed by atoms with Crippen LogP contribution in [0.15, 0.2) is 46.0 Å². The summed E-state index contributed by atoms with van der Waals surface area (Å²) in [5.41, 5.74) is 0.639. The summed E-state index contributed by atoms with van der Waals surface area (Å²) in [5.74, 6) is -0.0254. The van der Waals surface area contributed by atoms with Gasteiger partial charge in [-0.25, -0.2) is 8.42 Å². The van der Waals surface area contributed by atoms with E-state index in [0.717, 1.165) is 25.7 Å². The Labute approximate surface area is 173 Å². The summed E-state index contributed by atoms with van der Waals surface area (Å²) in [4.78, 5) is 16.7. The van der Waals surface area contributed by atoms with Crippen molar-refractivity contribution in [1.29, 1.82) is 0 Å². The Kier molecular flexibility index (Phi) is 6.69. The molecular formula is C19H22BrN3O4S. The lowest BCUT2D eigenvalue weighted by Gasteiger charge is -2.21. The van der Waals surface area contributed by atoms with Crippen LogP contribution < -0.4 is 10.1 Å². The Hall–Kier alpha value is -1.97. The molecule has 1 N–H and O–H groups in total. The number of methoxy groups -OCH3 is 1. The van der Waals surface area contributed by atoms with Gasteiger partial charge < -0.3 is 10.1 Å². The first-order valence-electron chi connectivity index (χ1n) is 9.02. The Morgan fingerprint density at radius 2 is 1.86 bits per heavy atom. The molecule has 0 bridgehead atoms. The molecule has 1 aliphatic rings. The lowest BCUT2D eigenvalue weighted by molar-refractivity contribution is 0.102. The second-order valence-corrected chi connectivity index (χ2v) is 9.38. The van der Waals surface area contributed by atoms with Crippen molar-refractivity contribution in [2.45, 2.75) is 30.6 Å². The van der Waals surface area contributed by atoms with E-state index < -0.39 is 15.9 Å². The number of carbonyl (C=O) groups is 1. The molecule has 7 nitrogen and oxygen atoms in total. The van der Waals surface area contributed by atoms with Crippen molar-refractivity contribution in [3.8, 4) is 5.75 Å². The summed E-state index contributed by atoms with van der Waals surface area (Å²) in [6.07, 6.45) is 6.80. The average molecular weight is 468 g/mol. The standard InChI is InChI=1S/C19H22BrN3O4S/c1-27-18-7-6-16(28(25,26)23-8-4-2-3-5-9-23)11-17(18)22-19(24)14-10-15(20)13-21-12-14/h6-7,10-13H,2-5,8-9H2,1H3,(H,22,24). The number of halogens is 1. The third-order valence-electron chi connectivity index (χ3n) is 4.59. The maximum absolute atomic E-state index is 13.0. The van der Waals surface area contributed by atoms with Crippen molar-refractivity contribution in [3.63, 3.8) is 0 Å². The van der Waals surface area contributed by atoms with Gasteiger partial charge in [0.05, 0.1) is 23.3 Å². The van der Waals surface area contributed by atoms with E-state index in [1.807, 2.05) is 0 Å². The largest absolute Gasteiger partial charge is 0.495 e. The van der Waals surface area contributed by atoms with Crippen LogP contribution in [0.4, 0.5) is 5.69 Å². The van der Waals surface area contributed by atoms with Crippen molar-refractivity contribution in [2.24, 2.45) is 0 Å². The average Bonchev–Trinajstić information content (AvgIpc) is 2.98. The number of sulfonamides is 1. The molecule has 0 atom stereocenters. The van der Waals surface area contributed by atoms with Gasteiger partial charge in [0.1, 0.15) is 5.75 Å². The summed E-state index contributed by atoms with van der Waals surface area (Å²) in [5, 5.41) is 2.72. The first-order valence-corrected chi connectivity index (χ1v) is 11.3. The summed E-state index contributed by atoms with van der Waals surface area (Å²) in [6, 6.07) is 6.14. The van der Waals surface area contributed by atoms with Crippen LogP contribution >= 0.6 is 15.9 Å². The van der Waals surface area contributed by atoms with Gasteiger partial charge in [-0.3, -0.25) is 9.78 Å². The first-order chi connectivity index (χ1) is 13.4. The molecule has 9 heteroatoms. The van der Waals surface area contributed by atoms with Gasteiger partial charge >= 0.3 is 0 Å². The van der Waals surface area contributed by atoms with Crippen LogP contribution in [0.5, 0.6) is 5.75 Å². The highest BCUT2D eigenvalue weighted by atomic mass is 79.9. The maximum atomic E-state index is 13.0. The number of carbonyl (C=O) groups excluding carboxylic acids is 1. The molecule has 0 unspecified atom stereocenters. The van der Waals surface area contributed by atoms with E-state index in [-0.39, 0.29) is 4.90 Å². The molecule has 1 aromatic heterocycles. The molecule has 0 radical (unpaired) electrons. The SMILES string of the molecule is COc1ccc(S(=O)(=O)N2CCCCCC2)cc1NC(=O)c1cncc(Br)c1. The fourth-order valence-electron chi connectivity index (χ4n) is 3.11. The van der Waals surface area contributed by atoms with Crippen molar-refractivity contribution >= 4 is 37.5 Å². The Morgan fingerprint density at radius 3 is 2.50 bits per heavy atom. The maximum Gasteiger partial charge on any atom is 0.257 e. The van der Waals surface area contributed by atoms with E-state index in [1.54, 1.807) is 18.3 Å². The number of hydrogen-bond donors (Lipinski definition) is 1. The van der Waals surface area contributed by atoms with Gasteiger partial charge in [-0.15, -0.1) is 0 Å². The van der Waals surface area contributed by atoms with E-state index >= 15 is 0 Å². The van der Waals surface area contributed by atoms with Crippen LogP contribution in [0.25, 0.3) is 0 Å². The second kappa shape index (κ2) is 9.02. The third kappa shape index (κ3) is 4.71. The minimum absolute atomic E-state index is 0.137. The summed E-state index contributed by atoms with van der Waals surface area (Å²) < 4.78 is 33.6. The van der Waals surface area contributed by atoms with E-state index in [2.05, 4.69) is 26.2 Å². The highest BCUT2D eigenvalue weighted by molar-refractivity contribution is 9.10. The number of hydrogen-bond acceptors (Lipinski definition) is 5. The molecular weight excluding hydrogens is 446 g/mol. The molecule has 0 aliphatic carbocycles. The lowest BCUT2D eigenvalue weighted by Crippen LogP contribution is -2.32. The number of aromatic nitrogens is 1. The van der Waals surface area contributed by atoms with Crippen LogP contribution in [-0.2, 0) is 10.0 Å². The van der Waals surface area contributed by atoms with Crippen LogP contribution in [0.3, 0.4) is 0 Å². The molecule has 28 heavy (non-hydrogen) atoms. The molecule has 0 saturated carbocycles. The highest BCUT2D eigenvalue weighted by Crippen LogP contribution is 2.30. The van der Waals surface area contributed by atoms with Gasteiger partial charge in [0.25, 0.3) is 5.91 Å². The van der Waals surface area contributed by atoms with Gasteiger partial charge in [0.2, 0.25) is 10.0 Å². The van der Waals surface area contributed by atoms with Crippen LogP contribution in [0, 0.1) is 0 Å². The van der Waals surface area contributed by atoms with Crippen molar-refractivity contribution in [1.82, 2.24) is 9.29 Å². The van der Waals surface area contributed by atoms with Crippen LogP contribution in [-0.4, -0.2) is 43.8 Å². The first kappa shape index (κ1) is 20.8. The number of pyridine rings is 1. The molecule has 0 spiro atoms. The Balaban J connectivity index is 1.90. The Bertz CT molecular complexity index is 957. The number of anilines is 1. The minimum atomic E-state index is -3.63. The number of ether oxygens (including phenoxy) is 1. The minimum Gasteiger partial charge on any atom is -0.495 e. The lowest BCUT2D eigenvalue weighted by atomic mass is 10.2. The van der Waals surface area contributed by atoms with Crippen molar-refractivity contribution in [3.05, 3.63) is 46.7 Å². The van der Waals surface area contributed by atoms with E-state index in [0.29, 0.717) is 34.6 Å². The predicted molar refractivity (Wildman–Crippen MR) is 110 cm³/mol. The number of nitrogens with zero attached hydrogens (tertiary/aromatic N) is 2. The molecule has 1 saturated heterocycles. The number of rotatable bonds is 5. The third-order valence-corrected chi connectivity index (χ3v) is 6.92. The number of amides is 1. The molecule has 150 valence electrons. The van der Waals surface area contributed by atoms with Gasteiger partial charge in [-0.2, -0.15) is 4.31 Å². The molecule has 1 aliphatic heterocycles. The summed E-state index contributed by atoms with van der Waals surface area (Å²) in [6.45, 7) is 1.03. The number of nitrogens with one attached hydrogen (secondary N) is 1. The quantitative estimate of drug-likeness (QED) is 0.724. The van der Waals surface area contributed by atoms with Gasteiger partial charge in [0, 0.05) is 30.0 Å². The van der Waals surface area contributed by atoms with Gasteiger partial charge in [-0.1, -0.05) is 12.8 Å². The number of benzene rings is 1. The van der Waals surface area contributed by atoms with E-state index in [1.165, 1.54) is 29.7 Å².